The van der Waals surface area contributed by atoms with E-state index in [-0.39, 0.29) is 24.1 Å². The van der Waals surface area contributed by atoms with Crippen LogP contribution in [0.25, 0.3) is 0 Å². The van der Waals surface area contributed by atoms with Crippen LogP contribution >= 0.6 is 12.6 Å². The molecule has 2 amide bonds. The molecule has 0 aromatic rings. The Bertz CT molecular complexity index is 510. The summed E-state index contributed by atoms with van der Waals surface area (Å²) < 4.78 is 0. The van der Waals surface area contributed by atoms with Gasteiger partial charge in [-0.1, -0.05) is 13.8 Å². The van der Waals surface area contributed by atoms with Gasteiger partial charge >= 0.3 is 5.97 Å². The van der Waals surface area contributed by atoms with Crippen molar-refractivity contribution in [1.29, 1.82) is 0 Å². The number of aliphatic imine (C=N–C) groups is 1. The first-order valence-corrected chi connectivity index (χ1v) is 8.97. The molecule has 0 spiro atoms. The van der Waals surface area contributed by atoms with Crippen LogP contribution in [-0.2, 0) is 14.4 Å². The third-order valence-corrected chi connectivity index (χ3v) is 3.81. The molecule has 26 heavy (non-hydrogen) atoms. The Hall–Kier alpha value is -2.01. The Morgan fingerprint density at radius 3 is 2.15 bits per heavy atom. The van der Waals surface area contributed by atoms with Crippen LogP contribution in [0.3, 0.4) is 0 Å². The first-order chi connectivity index (χ1) is 12.1. The number of carboxylic acids is 1. The SMILES string of the molecule is CC(C)C[C@H](NC(=O)[C@H](CS)NC(=O)[C@@H](N)CCCN=C(N)N)C(=O)O. The maximum Gasteiger partial charge on any atom is 0.326 e. The number of amides is 2. The highest BCUT2D eigenvalue weighted by Crippen LogP contribution is 2.06. The number of carbonyl (C=O) groups is 3. The average molecular weight is 391 g/mol. The minimum Gasteiger partial charge on any atom is -0.480 e. The number of nitrogens with two attached hydrogens (primary N) is 3. The van der Waals surface area contributed by atoms with Crippen LogP contribution in [0.15, 0.2) is 4.99 Å². The Morgan fingerprint density at radius 1 is 1.12 bits per heavy atom. The van der Waals surface area contributed by atoms with Gasteiger partial charge in [0.05, 0.1) is 6.04 Å². The van der Waals surface area contributed by atoms with E-state index >= 15 is 0 Å². The highest BCUT2D eigenvalue weighted by molar-refractivity contribution is 7.80. The minimum atomic E-state index is -1.13. The molecule has 0 saturated carbocycles. The predicted octanol–water partition coefficient (Wildman–Crippen LogP) is -1.60. The van der Waals surface area contributed by atoms with Crippen LogP contribution in [0.2, 0.25) is 0 Å². The zero-order chi connectivity index (χ0) is 20.3. The van der Waals surface area contributed by atoms with Gasteiger partial charge in [0.1, 0.15) is 12.1 Å². The molecule has 0 radical (unpaired) electrons. The van der Waals surface area contributed by atoms with Crippen molar-refractivity contribution in [2.75, 3.05) is 12.3 Å². The van der Waals surface area contributed by atoms with Gasteiger partial charge in [0.15, 0.2) is 5.96 Å². The van der Waals surface area contributed by atoms with E-state index in [0.717, 1.165) is 0 Å². The number of rotatable bonds is 12. The Labute approximate surface area is 158 Å². The second kappa shape index (κ2) is 12.4. The molecule has 11 heteroatoms. The first kappa shape index (κ1) is 24.0. The largest absolute Gasteiger partial charge is 0.480 e. The summed E-state index contributed by atoms with van der Waals surface area (Å²) >= 11 is 4.04. The number of guanidine groups is 1. The number of carbonyl (C=O) groups excluding carboxylic acids is 2. The summed E-state index contributed by atoms with van der Waals surface area (Å²) in [4.78, 5) is 39.4. The fraction of sp³-hybridized carbons (Fsp3) is 0.733. The molecule has 0 aliphatic rings. The first-order valence-electron chi connectivity index (χ1n) is 8.33. The summed E-state index contributed by atoms with van der Waals surface area (Å²) in [6, 6.07) is -2.86. The normalized spacial score (nSPS) is 14.2. The van der Waals surface area contributed by atoms with Gasteiger partial charge in [-0.25, -0.2) is 4.79 Å². The molecule has 0 aromatic carbocycles. The molecule has 0 bridgehead atoms. The number of aliphatic carboxylic acids is 1. The number of hydrogen-bond donors (Lipinski definition) is 7. The van der Waals surface area contributed by atoms with Crippen molar-refractivity contribution in [2.24, 2.45) is 28.1 Å². The van der Waals surface area contributed by atoms with E-state index < -0.39 is 35.9 Å². The van der Waals surface area contributed by atoms with E-state index in [9.17, 15) is 19.5 Å². The van der Waals surface area contributed by atoms with Crippen molar-refractivity contribution in [1.82, 2.24) is 10.6 Å². The molecule has 0 unspecified atom stereocenters. The van der Waals surface area contributed by atoms with Gasteiger partial charge in [0.25, 0.3) is 0 Å². The molecule has 0 saturated heterocycles. The van der Waals surface area contributed by atoms with E-state index in [0.29, 0.717) is 19.4 Å². The highest BCUT2D eigenvalue weighted by atomic mass is 32.1. The third-order valence-electron chi connectivity index (χ3n) is 3.44. The fourth-order valence-corrected chi connectivity index (χ4v) is 2.35. The van der Waals surface area contributed by atoms with Crippen LogP contribution in [-0.4, -0.2) is 59.3 Å². The number of hydrogen-bond acceptors (Lipinski definition) is 6. The third kappa shape index (κ3) is 10.1. The van der Waals surface area contributed by atoms with Crippen molar-refractivity contribution >= 4 is 36.4 Å². The molecule has 0 aromatic heterocycles. The van der Waals surface area contributed by atoms with Gasteiger partial charge < -0.3 is 32.9 Å². The highest BCUT2D eigenvalue weighted by Gasteiger charge is 2.27. The van der Waals surface area contributed by atoms with Crippen LogP contribution in [0.5, 0.6) is 0 Å². The lowest BCUT2D eigenvalue weighted by molar-refractivity contribution is -0.142. The molecule has 9 N–H and O–H groups in total. The molecule has 0 aliphatic carbocycles. The molecule has 0 heterocycles. The van der Waals surface area contributed by atoms with Gasteiger partial charge in [-0.05, 0) is 25.2 Å². The van der Waals surface area contributed by atoms with Crippen molar-refractivity contribution in [2.45, 2.75) is 51.2 Å². The Morgan fingerprint density at radius 2 is 1.69 bits per heavy atom. The van der Waals surface area contributed by atoms with E-state index in [4.69, 9.17) is 17.2 Å². The lowest BCUT2D eigenvalue weighted by Gasteiger charge is -2.22. The summed E-state index contributed by atoms with van der Waals surface area (Å²) in [6.45, 7) is 4.04. The summed E-state index contributed by atoms with van der Waals surface area (Å²) in [5.74, 6) is -2.23. The second-order valence-corrected chi connectivity index (χ2v) is 6.69. The Kier molecular flexibility index (Phi) is 11.4. The van der Waals surface area contributed by atoms with E-state index in [1.54, 1.807) is 0 Å². The minimum absolute atomic E-state index is 0.00626. The fourth-order valence-electron chi connectivity index (χ4n) is 2.09. The van der Waals surface area contributed by atoms with Gasteiger partial charge in [-0.15, -0.1) is 0 Å². The molecular weight excluding hydrogens is 360 g/mol. The molecule has 0 aliphatic heterocycles. The summed E-state index contributed by atoms with van der Waals surface area (Å²) in [6.07, 6.45) is 1.10. The van der Waals surface area contributed by atoms with Crippen LogP contribution in [0.4, 0.5) is 0 Å². The van der Waals surface area contributed by atoms with Gasteiger partial charge in [0, 0.05) is 12.3 Å². The van der Waals surface area contributed by atoms with Crippen molar-refractivity contribution < 1.29 is 19.5 Å². The molecule has 3 atom stereocenters. The zero-order valence-corrected chi connectivity index (χ0v) is 16.0. The number of nitrogens with zero attached hydrogens (tertiary/aromatic N) is 1. The lowest BCUT2D eigenvalue weighted by Crippen LogP contribution is -2.55. The zero-order valence-electron chi connectivity index (χ0n) is 15.1. The lowest BCUT2D eigenvalue weighted by atomic mass is 10.0. The number of carboxylic acid groups (broad SMARTS) is 1. The predicted molar refractivity (Wildman–Crippen MR) is 103 cm³/mol. The van der Waals surface area contributed by atoms with E-state index in [2.05, 4.69) is 28.3 Å². The van der Waals surface area contributed by atoms with Gasteiger partial charge in [-0.2, -0.15) is 12.6 Å². The monoisotopic (exact) mass is 390 g/mol. The van der Waals surface area contributed by atoms with Crippen molar-refractivity contribution in [3.63, 3.8) is 0 Å². The van der Waals surface area contributed by atoms with Crippen LogP contribution < -0.4 is 27.8 Å². The van der Waals surface area contributed by atoms with Crippen LogP contribution in [0.1, 0.15) is 33.1 Å². The van der Waals surface area contributed by atoms with Gasteiger partial charge in [0.2, 0.25) is 11.8 Å². The van der Waals surface area contributed by atoms with E-state index in [1.807, 2.05) is 13.8 Å². The molecule has 0 rings (SSSR count). The number of nitrogens with one attached hydrogen (secondary N) is 2. The van der Waals surface area contributed by atoms with Crippen molar-refractivity contribution in [3.05, 3.63) is 0 Å². The van der Waals surface area contributed by atoms with Gasteiger partial charge in [-0.3, -0.25) is 14.6 Å². The molecule has 10 nitrogen and oxygen atoms in total. The second-order valence-electron chi connectivity index (χ2n) is 6.33. The maximum atomic E-state index is 12.2. The summed E-state index contributed by atoms with van der Waals surface area (Å²) in [7, 11) is 0. The quantitative estimate of drug-likeness (QED) is 0.0904. The topological polar surface area (TPSA) is 186 Å². The summed E-state index contributed by atoms with van der Waals surface area (Å²) in [5, 5.41) is 14.1. The van der Waals surface area contributed by atoms with E-state index in [1.165, 1.54) is 0 Å². The molecule has 0 fully saturated rings. The smallest absolute Gasteiger partial charge is 0.326 e. The summed E-state index contributed by atoms with van der Waals surface area (Å²) in [5.41, 5.74) is 16.2. The average Bonchev–Trinajstić information content (AvgIpc) is 2.54. The maximum absolute atomic E-state index is 12.2. The number of thiol groups is 1. The molecule has 150 valence electrons. The van der Waals surface area contributed by atoms with Crippen molar-refractivity contribution in [3.8, 4) is 0 Å². The molecular formula is C15H30N6O4S. The standard InChI is InChI=1S/C15H30N6O4S/c1-8(2)6-10(14(24)25)20-13(23)11(7-26)21-12(22)9(16)4-3-5-19-15(17)18/h8-11,26H,3-7,16H2,1-2H3,(H,20,23)(H,21,22)(H,24,25)(H4,17,18,19)/t9-,10-,11-/m0/s1. The Balaban J connectivity index is 4.61. The van der Waals surface area contributed by atoms with Crippen LogP contribution in [0, 0.1) is 5.92 Å².